The van der Waals surface area contributed by atoms with Crippen molar-refractivity contribution in [3.8, 4) is 0 Å². The Bertz CT molecular complexity index is 74.5. The highest BCUT2D eigenvalue weighted by atomic mass is 79.9. The van der Waals surface area contributed by atoms with Crippen LogP contribution in [0.2, 0.25) is 0 Å². The molecule has 0 unspecified atom stereocenters. The maximum absolute atomic E-state index is 3.60. The van der Waals surface area contributed by atoms with Crippen LogP contribution in [0, 0.1) is 0 Å². The van der Waals surface area contributed by atoms with Gasteiger partial charge in [0.05, 0.1) is 0 Å². The van der Waals surface area contributed by atoms with Gasteiger partial charge >= 0.3 is 0 Å². The van der Waals surface area contributed by atoms with E-state index in [2.05, 4.69) is 34.7 Å². The molecule has 0 saturated carbocycles. The predicted octanol–water partition coefficient (Wildman–Crippen LogP) is 2.90. The monoisotopic (exact) mass is 174 g/mol. The van der Waals surface area contributed by atoms with Crippen LogP contribution in [0.15, 0.2) is 24.8 Å². The van der Waals surface area contributed by atoms with Crippen LogP contribution >= 0.6 is 15.9 Å². The second kappa shape index (κ2) is 6.96. The fourth-order valence-electron chi connectivity index (χ4n) is 0.373. The van der Waals surface area contributed by atoms with E-state index in [-0.39, 0.29) is 0 Å². The highest BCUT2D eigenvalue weighted by molar-refractivity contribution is 9.09. The second-order valence-electron chi connectivity index (χ2n) is 1.47. The third kappa shape index (κ3) is 5.96. The average molecular weight is 175 g/mol. The minimum Gasteiger partial charge on any atom is -0.103 e. The molecule has 0 N–H and O–H groups in total. The van der Waals surface area contributed by atoms with E-state index in [1.807, 2.05) is 6.08 Å². The van der Waals surface area contributed by atoms with Crippen LogP contribution in [-0.2, 0) is 0 Å². The normalized spacial score (nSPS) is 10.1. The van der Waals surface area contributed by atoms with Gasteiger partial charge in [-0.3, -0.25) is 0 Å². The van der Waals surface area contributed by atoms with Crippen molar-refractivity contribution in [1.29, 1.82) is 0 Å². The number of hydrogen-bond acceptors (Lipinski definition) is 0. The lowest BCUT2D eigenvalue weighted by atomic mass is 10.3. The number of halogens is 1. The van der Waals surface area contributed by atoms with Crippen molar-refractivity contribution in [1.82, 2.24) is 0 Å². The van der Waals surface area contributed by atoms with Crippen LogP contribution < -0.4 is 0 Å². The minimum absolute atomic E-state index is 0.993. The molecule has 46 valence electrons. The zero-order valence-corrected chi connectivity index (χ0v) is 6.52. The summed E-state index contributed by atoms with van der Waals surface area (Å²) in [5.74, 6) is 0. The Morgan fingerprint density at radius 3 is 2.62 bits per heavy atom. The van der Waals surface area contributed by atoms with E-state index in [9.17, 15) is 0 Å². The molecule has 0 atom stereocenters. The minimum atomic E-state index is 0.993. The molecule has 1 heteroatoms. The lowest BCUT2D eigenvalue weighted by Crippen LogP contribution is -1.64. The van der Waals surface area contributed by atoms with Gasteiger partial charge in [-0.1, -0.05) is 34.2 Å². The molecule has 0 fully saturated rings. The molecule has 0 aromatic heterocycles. The second-order valence-corrected chi connectivity index (χ2v) is 2.27. The van der Waals surface area contributed by atoms with Gasteiger partial charge in [0.2, 0.25) is 0 Å². The SMILES string of the molecule is C=CCC=CCCBr. The van der Waals surface area contributed by atoms with Crippen LogP contribution in [0.5, 0.6) is 0 Å². The smallest absolute Gasteiger partial charge is 0.00659 e. The molecule has 0 aromatic rings. The van der Waals surface area contributed by atoms with Crippen molar-refractivity contribution in [2.75, 3.05) is 5.33 Å². The molecule has 0 amide bonds. The summed E-state index contributed by atoms with van der Waals surface area (Å²) < 4.78 is 0. The van der Waals surface area contributed by atoms with Gasteiger partial charge in [-0.2, -0.15) is 0 Å². The zero-order chi connectivity index (χ0) is 6.24. The van der Waals surface area contributed by atoms with Crippen LogP contribution in [-0.4, -0.2) is 5.33 Å². The van der Waals surface area contributed by atoms with Crippen LogP contribution in [0.4, 0.5) is 0 Å². The van der Waals surface area contributed by atoms with Gasteiger partial charge in [0.25, 0.3) is 0 Å². The van der Waals surface area contributed by atoms with Gasteiger partial charge < -0.3 is 0 Å². The number of allylic oxidation sites excluding steroid dienone is 3. The van der Waals surface area contributed by atoms with E-state index < -0.39 is 0 Å². The quantitative estimate of drug-likeness (QED) is 0.455. The average Bonchev–Trinajstić information content (AvgIpc) is 1.81. The molecular weight excluding hydrogens is 164 g/mol. The van der Waals surface area contributed by atoms with Crippen molar-refractivity contribution in [2.24, 2.45) is 0 Å². The molecule has 0 nitrogen and oxygen atoms in total. The molecule has 0 bridgehead atoms. The molecule has 0 aliphatic carbocycles. The molecule has 0 aromatic carbocycles. The van der Waals surface area contributed by atoms with Gasteiger partial charge in [-0.15, -0.1) is 6.58 Å². The van der Waals surface area contributed by atoms with Gasteiger partial charge in [0, 0.05) is 5.33 Å². The standard InChI is InChI=1S/C7H11Br/c1-2-3-4-5-6-7-8/h2,4-5H,1,3,6-7H2. The Balaban J connectivity index is 2.94. The van der Waals surface area contributed by atoms with Crippen LogP contribution in [0.1, 0.15) is 12.8 Å². The summed E-state index contributed by atoms with van der Waals surface area (Å²) in [7, 11) is 0. The first-order valence-corrected chi connectivity index (χ1v) is 3.86. The Hall–Kier alpha value is -0.0400. The molecule has 8 heavy (non-hydrogen) atoms. The molecule has 0 aliphatic rings. The topological polar surface area (TPSA) is 0 Å². The van der Waals surface area contributed by atoms with Gasteiger partial charge in [-0.25, -0.2) is 0 Å². The zero-order valence-electron chi connectivity index (χ0n) is 4.94. The first-order valence-electron chi connectivity index (χ1n) is 2.73. The number of rotatable bonds is 4. The highest BCUT2D eigenvalue weighted by Gasteiger charge is 1.70. The summed E-state index contributed by atoms with van der Waals surface area (Å²) in [6.07, 6.45) is 8.27. The molecule has 0 saturated heterocycles. The first kappa shape index (κ1) is 7.96. The molecular formula is C7H11Br. The summed E-state index contributed by atoms with van der Waals surface area (Å²) in [5, 5.41) is 1.06. The Kier molecular flexibility index (Phi) is 6.93. The van der Waals surface area contributed by atoms with E-state index >= 15 is 0 Å². The lowest BCUT2D eigenvalue weighted by Gasteiger charge is -1.79. The number of hydrogen-bond donors (Lipinski definition) is 0. The van der Waals surface area contributed by atoms with Crippen molar-refractivity contribution >= 4 is 15.9 Å². The first-order chi connectivity index (χ1) is 3.91. The fraction of sp³-hybridized carbons (Fsp3) is 0.429. The van der Waals surface area contributed by atoms with Crippen LogP contribution in [0.3, 0.4) is 0 Å². The molecule has 0 aliphatic heterocycles. The third-order valence-electron chi connectivity index (χ3n) is 0.745. The van der Waals surface area contributed by atoms with E-state index in [4.69, 9.17) is 0 Å². The maximum Gasteiger partial charge on any atom is 0.00659 e. The van der Waals surface area contributed by atoms with Gasteiger partial charge in [0.1, 0.15) is 0 Å². The molecule has 0 heterocycles. The Morgan fingerprint density at radius 1 is 1.38 bits per heavy atom. The number of alkyl halides is 1. The lowest BCUT2D eigenvalue weighted by molar-refractivity contribution is 1.23. The summed E-state index contributed by atoms with van der Waals surface area (Å²) in [4.78, 5) is 0. The highest BCUT2D eigenvalue weighted by Crippen LogP contribution is 1.90. The molecule has 0 spiro atoms. The summed E-state index contributed by atoms with van der Waals surface area (Å²) in [5.41, 5.74) is 0. The summed E-state index contributed by atoms with van der Waals surface area (Å²) in [6, 6.07) is 0. The fourth-order valence-corrected chi connectivity index (χ4v) is 0.638. The summed E-state index contributed by atoms with van der Waals surface area (Å²) in [6.45, 7) is 3.60. The largest absolute Gasteiger partial charge is 0.103 e. The van der Waals surface area contributed by atoms with Gasteiger partial charge in [0.15, 0.2) is 0 Å². The van der Waals surface area contributed by atoms with E-state index in [0.717, 1.165) is 18.2 Å². The Labute approximate surface area is 59.4 Å². The maximum atomic E-state index is 3.60. The Morgan fingerprint density at radius 2 is 2.12 bits per heavy atom. The van der Waals surface area contributed by atoms with Crippen LogP contribution in [0.25, 0.3) is 0 Å². The van der Waals surface area contributed by atoms with Crippen molar-refractivity contribution in [3.63, 3.8) is 0 Å². The van der Waals surface area contributed by atoms with Crippen molar-refractivity contribution in [2.45, 2.75) is 12.8 Å². The summed E-state index contributed by atoms with van der Waals surface area (Å²) >= 11 is 3.32. The van der Waals surface area contributed by atoms with E-state index in [1.54, 1.807) is 0 Å². The van der Waals surface area contributed by atoms with Gasteiger partial charge in [-0.05, 0) is 12.8 Å². The third-order valence-corrected chi connectivity index (χ3v) is 1.20. The van der Waals surface area contributed by atoms with E-state index in [1.165, 1.54) is 0 Å². The predicted molar refractivity (Wildman–Crippen MR) is 42.4 cm³/mol. The van der Waals surface area contributed by atoms with E-state index in [0.29, 0.717) is 0 Å². The molecule has 0 radical (unpaired) electrons. The van der Waals surface area contributed by atoms with Crippen molar-refractivity contribution in [3.05, 3.63) is 24.8 Å². The molecule has 0 rings (SSSR count). The van der Waals surface area contributed by atoms with Crippen molar-refractivity contribution < 1.29 is 0 Å².